The number of aliphatic imine (C=N–C) groups is 1. The molecule has 0 saturated carbocycles. The number of nitrogens with zero attached hydrogens (tertiary/aromatic N) is 4. The smallest absolute Gasteiger partial charge is 0.175 e. The second-order valence-electron chi connectivity index (χ2n) is 7.74. The van der Waals surface area contributed by atoms with Gasteiger partial charge < -0.3 is 24.4 Å². The van der Waals surface area contributed by atoms with Gasteiger partial charge >= 0.3 is 0 Å². The van der Waals surface area contributed by atoms with E-state index in [4.69, 9.17) is 14.5 Å². The van der Waals surface area contributed by atoms with Crippen molar-refractivity contribution in [3.8, 4) is 11.5 Å². The highest BCUT2D eigenvalue weighted by Crippen LogP contribution is 2.34. The molecule has 1 aliphatic carbocycles. The van der Waals surface area contributed by atoms with Crippen molar-refractivity contribution in [1.82, 2.24) is 20.0 Å². The first-order valence-corrected chi connectivity index (χ1v) is 10.1. The van der Waals surface area contributed by atoms with Gasteiger partial charge in [0.1, 0.15) is 0 Å². The Bertz CT molecular complexity index is 1050. The Morgan fingerprint density at radius 1 is 1.20 bits per heavy atom. The molecule has 2 aromatic rings. The molecule has 2 unspecified atom stereocenters. The molecule has 156 valence electrons. The minimum atomic E-state index is 0.133. The fraction of sp³-hybridized carbons (Fsp3) is 0.364. The van der Waals surface area contributed by atoms with Gasteiger partial charge in [-0.1, -0.05) is 12.2 Å². The number of nitrogens with one attached hydrogen (secondary N) is 2. The van der Waals surface area contributed by atoms with Gasteiger partial charge in [0.2, 0.25) is 0 Å². The molecule has 0 spiro atoms. The first-order valence-electron chi connectivity index (χ1n) is 10.1. The summed E-state index contributed by atoms with van der Waals surface area (Å²) in [5, 5.41) is 5.59. The van der Waals surface area contributed by atoms with Gasteiger partial charge in [0, 0.05) is 55.9 Å². The molecule has 0 saturated heterocycles. The first-order chi connectivity index (χ1) is 14.7. The van der Waals surface area contributed by atoms with Crippen molar-refractivity contribution < 1.29 is 9.47 Å². The summed E-state index contributed by atoms with van der Waals surface area (Å²) in [6, 6.07) is 5.88. The van der Waals surface area contributed by atoms with Gasteiger partial charge in [0.15, 0.2) is 23.2 Å². The van der Waals surface area contributed by atoms with E-state index < -0.39 is 0 Å². The van der Waals surface area contributed by atoms with Crippen LogP contribution in [0.4, 0.5) is 5.69 Å². The van der Waals surface area contributed by atoms with E-state index in [0.717, 1.165) is 36.9 Å². The predicted octanol–water partition coefficient (Wildman–Crippen LogP) is 2.42. The summed E-state index contributed by atoms with van der Waals surface area (Å²) in [5.74, 6) is 3.32. The Morgan fingerprint density at radius 3 is 2.90 bits per heavy atom. The second kappa shape index (κ2) is 7.53. The fourth-order valence-electron chi connectivity index (χ4n) is 4.34. The first kappa shape index (κ1) is 18.7. The van der Waals surface area contributed by atoms with Crippen LogP contribution in [-0.4, -0.2) is 54.2 Å². The Morgan fingerprint density at radius 2 is 2.07 bits per heavy atom. The van der Waals surface area contributed by atoms with Crippen LogP contribution in [0.3, 0.4) is 0 Å². The van der Waals surface area contributed by atoms with Gasteiger partial charge in [-0.2, -0.15) is 0 Å². The number of methoxy groups -OCH3 is 2. The number of fused-ring (bicyclic) bond motifs is 1. The molecule has 1 aromatic heterocycles. The molecular formula is C22H26N6O2. The van der Waals surface area contributed by atoms with E-state index in [1.807, 2.05) is 30.6 Å². The normalized spacial score (nSPS) is 22.5. The summed E-state index contributed by atoms with van der Waals surface area (Å²) < 4.78 is 13.0. The molecule has 30 heavy (non-hydrogen) atoms. The molecule has 2 atom stereocenters. The van der Waals surface area contributed by atoms with E-state index in [-0.39, 0.29) is 6.04 Å². The van der Waals surface area contributed by atoms with Gasteiger partial charge in [0.25, 0.3) is 0 Å². The summed E-state index contributed by atoms with van der Waals surface area (Å²) in [5.41, 5.74) is 7.00. The van der Waals surface area contributed by atoms with Gasteiger partial charge in [-0.05, 0) is 24.1 Å². The van der Waals surface area contributed by atoms with Crippen LogP contribution in [0.15, 0.2) is 59.0 Å². The number of benzene rings is 1. The molecule has 0 radical (unpaired) electrons. The number of imidazole rings is 1. The molecule has 3 aliphatic rings. The Balaban J connectivity index is 1.42. The maximum Gasteiger partial charge on any atom is 0.175 e. The van der Waals surface area contributed by atoms with E-state index in [1.54, 1.807) is 14.2 Å². The zero-order valence-electron chi connectivity index (χ0n) is 17.4. The van der Waals surface area contributed by atoms with E-state index in [0.29, 0.717) is 17.4 Å². The summed E-state index contributed by atoms with van der Waals surface area (Å²) in [7, 11) is 5.35. The van der Waals surface area contributed by atoms with Crippen LogP contribution in [0.1, 0.15) is 12.2 Å². The standard InChI is InChI=1S/C22H26N6O2/c1-27-18-10-14(4-5-15(18)12-24-27)17-13-28-9-8-23-22(28)21(26-17)25-16-6-7-19(29-2)20(11-16)30-3/h4-9,11,14,17,24H,10,12-13H2,1-3H3,(H,25,26). The summed E-state index contributed by atoms with van der Waals surface area (Å²) in [4.78, 5) is 9.61. The van der Waals surface area contributed by atoms with Crippen LogP contribution in [-0.2, 0) is 6.54 Å². The third-order valence-electron chi connectivity index (χ3n) is 6.00. The van der Waals surface area contributed by atoms with Gasteiger partial charge in [0.05, 0.1) is 20.3 Å². The molecule has 8 heteroatoms. The highest BCUT2D eigenvalue weighted by Gasteiger charge is 2.32. The van der Waals surface area contributed by atoms with Crippen molar-refractivity contribution in [3.05, 3.63) is 59.8 Å². The number of ether oxygens (including phenoxy) is 2. The minimum absolute atomic E-state index is 0.133. The number of rotatable bonds is 4. The van der Waals surface area contributed by atoms with E-state index in [2.05, 4.69) is 44.5 Å². The number of amidine groups is 1. The zero-order chi connectivity index (χ0) is 20.7. The molecule has 2 N–H and O–H groups in total. The molecule has 3 heterocycles. The third kappa shape index (κ3) is 3.23. The van der Waals surface area contributed by atoms with Crippen molar-refractivity contribution >= 4 is 11.5 Å². The number of allylic oxidation sites excluding steroid dienone is 1. The average molecular weight is 406 g/mol. The topological polar surface area (TPSA) is 75.9 Å². The highest BCUT2D eigenvalue weighted by atomic mass is 16.5. The molecule has 0 fully saturated rings. The van der Waals surface area contributed by atoms with Crippen molar-refractivity contribution in [2.24, 2.45) is 10.9 Å². The molecule has 0 bridgehead atoms. The van der Waals surface area contributed by atoms with Crippen molar-refractivity contribution in [1.29, 1.82) is 0 Å². The van der Waals surface area contributed by atoms with E-state index in [9.17, 15) is 0 Å². The molecular weight excluding hydrogens is 380 g/mol. The largest absolute Gasteiger partial charge is 0.493 e. The molecule has 0 amide bonds. The predicted molar refractivity (Wildman–Crippen MR) is 116 cm³/mol. The Labute approximate surface area is 175 Å². The van der Waals surface area contributed by atoms with Gasteiger partial charge in [-0.25, -0.2) is 10.4 Å². The van der Waals surface area contributed by atoms with Crippen LogP contribution < -0.4 is 20.2 Å². The van der Waals surface area contributed by atoms with Crippen LogP contribution in [0.25, 0.3) is 0 Å². The number of anilines is 1. The second-order valence-corrected chi connectivity index (χ2v) is 7.74. The molecule has 2 aliphatic heterocycles. The summed E-state index contributed by atoms with van der Waals surface area (Å²) in [6.45, 7) is 1.72. The molecule has 1 aromatic carbocycles. The lowest BCUT2D eigenvalue weighted by molar-refractivity contribution is 0.313. The molecule has 8 nitrogen and oxygen atoms in total. The Hall–Kier alpha value is -3.26. The zero-order valence-corrected chi connectivity index (χ0v) is 17.4. The minimum Gasteiger partial charge on any atom is -0.493 e. The number of aromatic nitrogens is 2. The lowest BCUT2D eigenvalue weighted by Gasteiger charge is -2.31. The monoisotopic (exact) mass is 406 g/mol. The average Bonchev–Trinajstić information content (AvgIpc) is 3.40. The van der Waals surface area contributed by atoms with Crippen LogP contribution in [0.5, 0.6) is 11.5 Å². The van der Waals surface area contributed by atoms with Crippen molar-refractivity contribution in [2.75, 3.05) is 33.1 Å². The number of hydrogen-bond acceptors (Lipinski definition) is 7. The van der Waals surface area contributed by atoms with Crippen molar-refractivity contribution in [3.63, 3.8) is 0 Å². The molecule has 5 rings (SSSR count). The number of hydrazine groups is 1. The van der Waals surface area contributed by atoms with Crippen LogP contribution in [0, 0.1) is 5.92 Å². The Kier molecular flexibility index (Phi) is 4.71. The lowest BCUT2D eigenvalue weighted by Crippen LogP contribution is -2.35. The lowest BCUT2D eigenvalue weighted by atomic mass is 9.88. The van der Waals surface area contributed by atoms with Gasteiger partial charge in [-0.15, -0.1) is 0 Å². The maximum atomic E-state index is 5.44. The number of hydrogen-bond donors (Lipinski definition) is 2. The van der Waals surface area contributed by atoms with E-state index in [1.165, 1.54) is 11.3 Å². The van der Waals surface area contributed by atoms with Crippen LogP contribution >= 0.6 is 0 Å². The SMILES string of the molecule is COc1ccc(NC2=NC(C3C=CC4=C(C3)N(C)NC4)Cn3ccnc32)cc1OC. The quantitative estimate of drug-likeness (QED) is 0.812. The van der Waals surface area contributed by atoms with Crippen molar-refractivity contribution in [2.45, 2.75) is 19.0 Å². The van der Waals surface area contributed by atoms with Crippen LogP contribution in [0.2, 0.25) is 0 Å². The van der Waals surface area contributed by atoms with E-state index >= 15 is 0 Å². The fourth-order valence-corrected chi connectivity index (χ4v) is 4.34. The summed E-state index contributed by atoms with van der Waals surface area (Å²) in [6.07, 6.45) is 9.39. The van der Waals surface area contributed by atoms with Gasteiger partial charge in [-0.3, -0.25) is 4.99 Å². The highest BCUT2D eigenvalue weighted by molar-refractivity contribution is 6.06. The summed E-state index contributed by atoms with van der Waals surface area (Å²) >= 11 is 0. The third-order valence-corrected chi connectivity index (χ3v) is 6.00. The maximum absolute atomic E-state index is 5.44.